The molecule has 10 heavy (non-hydrogen) atoms. The highest BCUT2D eigenvalue weighted by atomic mass is 16.5. The van der Waals surface area contributed by atoms with Crippen LogP contribution in [0, 0.1) is 0 Å². The first-order valence-electron chi connectivity index (χ1n) is 3.55. The molecule has 0 aromatic heterocycles. The van der Waals surface area contributed by atoms with Crippen LogP contribution in [0.1, 0.15) is 20.3 Å². The Labute approximate surface area is 62.3 Å². The van der Waals surface area contributed by atoms with Crippen LogP contribution in [0.4, 0.5) is 0 Å². The number of hydrogen-bond donors (Lipinski definition) is 1. The van der Waals surface area contributed by atoms with Gasteiger partial charge in [-0.3, -0.25) is 4.99 Å². The molecule has 2 N–H and O–H groups in total. The van der Waals surface area contributed by atoms with E-state index >= 15 is 0 Å². The largest absolute Gasteiger partial charge is 0.385 e. The minimum atomic E-state index is -0.0495. The normalized spacial score (nSPS) is 15.3. The summed E-state index contributed by atoms with van der Waals surface area (Å²) in [5.41, 5.74) is 5.54. The van der Waals surface area contributed by atoms with Crippen molar-refractivity contribution in [2.75, 3.05) is 13.7 Å². The fourth-order valence-electron chi connectivity index (χ4n) is 0.490. The molecule has 0 amide bonds. The predicted molar refractivity (Wildman–Crippen MR) is 43.3 cm³/mol. The molecular formula is C7H16N2O. The van der Waals surface area contributed by atoms with Gasteiger partial charge in [-0.2, -0.15) is 0 Å². The molecule has 0 radical (unpaired) electrons. The van der Waals surface area contributed by atoms with Crippen molar-refractivity contribution in [1.82, 2.24) is 0 Å². The number of nitrogens with two attached hydrogens (primary N) is 1. The first kappa shape index (κ1) is 9.43. The summed E-state index contributed by atoms with van der Waals surface area (Å²) in [5, 5.41) is 0. The second-order valence-electron chi connectivity index (χ2n) is 2.18. The molecule has 3 heteroatoms. The molecule has 1 atom stereocenters. The van der Waals surface area contributed by atoms with Gasteiger partial charge >= 0.3 is 0 Å². The van der Waals surface area contributed by atoms with Crippen LogP contribution in [-0.4, -0.2) is 25.6 Å². The van der Waals surface area contributed by atoms with Gasteiger partial charge in [0.05, 0.1) is 0 Å². The summed E-state index contributed by atoms with van der Waals surface area (Å²) in [6, 6.07) is 0. The Hall–Kier alpha value is -0.570. The SMILES string of the molecule is CCCN=C(N)C(C)OC. The van der Waals surface area contributed by atoms with Gasteiger partial charge in [0, 0.05) is 13.7 Å². The molecule has 0 bridgehead atoms. The fraction of sp³-hybridized carbons (Fsp3) is 0.857. The Balaban J connectivity index is 3.67. The van der Waals surface area contributed by atoms with Gasteiger partial charge in [-0.05, 0) is 13.3 Å². The molecule has 0 aliphatic rings. The molecule has 0 spiro atoms. The maximum atomic E-state index is 5.54. The molecule has 3 nitrogen and oxygen atoms in total. The van der Waals surface area contributed by atoms with E-state index in [4.69, 9.17) is 10.5 Å². The third-order valence-electron chi connectivity index (χ3n) is 1.29. The van der Waals surface area contributed by atoms with Crippen LogP contribution in [0.3, 0.4) is 0 Å². The lowest BCUT2D eigenvalue weighted by Gasteiger charge is -2.07. The standard InChI is InChI=1S/C7H16N2O/c1-4-5-9-7(8)6(2)10-3/h6H,4-5H2,1-3H3,(H2,8,9). The number of methoxy groups -OCH3 is 1. The van der Waals surface area contributed by atoms with Crippen molar-refractivity contribution in [3.8, 4) is 0 Å². The minimum absolute atomic E-state index is 0.0495. The van der Waals surface area contributed by atoms with Crippen molar-refractivity contribution in [1.29, 1.82) is 0 Å². The maximum absolute atomic E-state index is 5.54. The summed E-state index contributed by atoms with van der Waals surface area (Å²) in [6.45, 7) is 4.74. The zero-order valence-corrected chi connectivity index (χ0v) is 6.92. The lowest BCUT2D eigenvalue weighted by molar-refractivity contribution is 0.169. The topological polar surface area (TPSA) is 47.6 Å². The molecule has 1 unspecified atom stereocenters. The third-order valence-corrected chi connectivity index (χ3v) is 1.29. The van der Waals surface area contributed by atoms with Gasteiger partial charge in [-0.1, -0.05) is 6.92 Å². The Kier molecular flexibility index (Phi) is 4.94. The average Bonchev–Trinajstić information content (AvgIpc) is 1.98. The van der Waals surface area contributed by atoms with Crippen LogP contribution in [0.5, 0.6) is 0 Å². The Morgan fingerprint density at radius 1 is 1.70 bits per heavy atom. The van der Waals surface area contributed by atoms with E-state index in [9.17, 15) is 0 Å². The third kappa shape index (κ3) is 3.45. The number of rotatable bonds is 4. The van der Waals surface area contributed by atoms with Gasteiger partial charge in [0.25, 0.3) is 0 Å². The second-order valence-corrected chi connectivity index (χ2v) is 2.18. The molecule has 0 fully saturated rings. The molecular weight excluding hydrogens is 128 g/mol. The number of amidine groups is 1. The van der Waals surface area contributed by atoms with Crippen LogP contribution >= 0.6 is 0 Å². The van der Waals surface area contributed by atoms with E-state index in [1.54, 1.807) is 7.11 Å². The minimum Gasteiger partial charge on any atom is -0.385 e. The van der Waals surface area contributed by atoms with E-state index in [-0.39, 0.29) is 6.10 Å². The summed E-state index contributed by atoms with van der Waals surface area (Å²) in [6.07, 6.45) is 0.975. The fourth-order valence-corrected chi connectivity index (χ4v) is 0.490. The lowest BCUT2D eigenvalue weighted by atomic mass is 10.4. The zero-order valence-electron chi connectivity index (χ0n) is 6.92. The highest BCUT2D eigenvalue weighted by molar-refractivity contribution is 5.84. The van der Waals surface area contributed by atoms with Crippen LogP contribution in [0.15, 0.2) is 4.99 Å². The number of nitrogens with zero attached hydrogens (tertiary/aromatic N) is 1. The summed E-state index contributed by atoms with van der Waals surface area (Å²) in [7, 11) is 1.62. The van der Waals surface area contributed by atoms with E-state index in [0.717, 1.165) is 13.0 Å². The molecule has 0 aliphatic heterocycles. The van der Waals surface area contributed by atoms with Crippen molar-refractivity contribution < 1.29 is 4.74 Å². The van der Waals surface area contributed by atoms with Crippen LogP contribution in [0.25, 0.3) is 0 Å². The highest BCUT2D eigenvalue weighted by Crippen LogP contribution is 1.88. The van der Waals surface area contributed by atoms with E-state index in [1.165, 1.54) is 0 Å². The van der Waals surface area contributed by atoms with Gasteiger partial charge in [0.2, 0.25) is 0 Å². The first-order chi connectivity index (χ1) is 4.72. The molecule has 0 aliphatic carbocycles. The first-order valence-corrected chi connectivity index (χ1v) is 3.55. The monoisotopic (exact) mass is 144 g/mol. The summed E-state index contributed by atoms with van der Waals surface area (Å²) in [5.74, 6) is 0.587. The molecule has 60 valence electrons. The van der Waals surface area contributed by atoms with Crippen molar-refractivity contribution in [3.05, 3.63) is 0 Å². The second kappa shape index (κ2) is 5.23. The van der Waals surface area contributed by atoms with Crippen molar-refractivity contribution in [2.24, 2.45) is 10.7 Å². The van der Waals surface area contributed by atoms with Gasteiger partial charge in [0.15, 0.2) is 0 Å². The Bertz CT molecular complexity index is 112. The van der Waals surface area contributed by atoms with Crippen molar-refractivity contribution in [2.45, 2.75) is 26.4 Å². The number of hydrogen-bond acceptors (Lipinski definition) is 2. The highest BCUT2D eigenvalue weighted by Gasteiger charge is 2.01. The van der Waals surface area contributed by atoms with Crippen molar-refractivity contribution >= 4 is 5.84 Å². The predicted octanol–water partition coefficient (Wildman–Crippen LogP) is 0.789. The van der Waals surface area contributed by atoms with Gasteiger partial charge in [-0.15, -0.1) is 0 Å². The van der Waals surface area contributed by atoms with E-state index in [0.29, 0.717) is 5.84 Å². The molecule has 0 saturated heterocycles. The van der Waals surface area contributed by atoms with Crippen LogP contribution in [0.2, 0.25) is 0 Å². The summed E-state index contributed by atoms with van der Waals surface area (Å²) < 4.78 is 4.95. The number of aliphatic imine (C=N–C) groups is 1. The van der Waals surface area contributed by atoms with E-state index in [1.807, 2.05) is 6.92 Å². The quantitative estimate of drug-likeness (QED) is 0.468. The van der Waals surface area contributed by atoms with Crippen LogP contribution in [-0.2, 0) is 4.74 Å². The zero-order chi connectivity index (χ0) is 7.98. The van der Waals surface area contributed by atoms with Crippen LogP contribution < -0.4 is 5.73 Å². The average molecular weight is 144 g/mol. The van der Waals surface area contributed by atoms with Gasteiger partial charge in [-0.25, -0.2) is 0 Å². The maximum Gasteiger partial charge on any atom is 0.123 e. The van der Waals surface area contributed by atoms with Crippen molar-refractivity contribution in [3.63, 3.8) is 0 Å². The van der Waals surface area contributed by atoms with Gasteiger partial charge in [0.1, 0.15) is 11.9 Å². The molecule has 0 aromatic carbocycles. The lowest BCUT2D eigenvalue weighted by Crippen LogP contribution is -2.27. The smallest absolute Gasteiger partial charge is 0.123 e. The summed E-state index contributed by atoms with van der Waals surface area (Å²) >= 11 is 0. The Morgan fingerprint density at radius 3 is 2.70 bits per heavy atom. The number of ether oxygens (including phenoxy) is 1. The molecule has 0 heterocycles. The molecule has 0 aromatic rings. The van der Waals surface area contributed by atoms with E-state index in [2.05, 4.69) is 11.9 Å². The van der Waals surface area contributed by atoms with E-state index < -0.39 is 0 Å². The van der Waals surface area contributed by atoms with Gasteiger partial charge < -0.3 is 10.5 Å². The Morgan fingerprint density at radius 2 is 2.30 bits per heavy atom. The molecule has 0 saturated carbocycles. The molecule has 0 rings (SSSR count). The summed E-state index contributed by atoms with van der Waals surface area (Å²) in [4.78, 5) is 4.08.